The molecule has 0 radical (unpaired) electrons. The smallest absolute Gasteiger partial charge is 0.133 e. The number of ketones is 1. The predicted molar refractivity (Wildman–Crippen MR) is 93.7 cm³/mol. The van der Waals surface area contributed by atoms with Crippen molar-refractivity contribution in [3.8, 4) is 0 Å². The van der Waals surface area contributed by atoms with Crippen molar-refractivity contribution in [2.24, 2.45) is 22.7 Å². The Morgan fingerprint density at radius 1 is 1.36 bits per heavy atom. The number of allylic oxidation sites excluding steroid dienone is 1. The molecule has 4 atom stereocenters. The molecule has 126 valence electrons. The van der Waals surface area contributed by atoms with Crippen molar-refractivity contribution >= 4 is 5.78 Å². The van der Waals surface area contributed by atoms with Gasteiger partial charge in [-0.2, -0.15) is 0 Å². The summed E-state index contributed by atoms with van der Waals surface area (Å²) in [7, 11) is 0. The molecule has 0 aliphatic heterocycles. The van der Waals surface area contributed by atoms with Gasteiger partial charge in [0, 0.05) is 5.92 Å². The third-order valence-corrected chi connectivity index (χ3v) is 5.99. The van der Waals surface area contributed by atoms with Gasteiger partial charge in [-0.05, 0) is 56.3 Å². The molecule has 0 aromatic heterocycles. The minimum atomic E-state index is -0.905. The molecule has 0 unspecified atom stereocenters. The van der Waals surface area contributed by atoms with Crippen molar-refractivity contribution in [3.05, 3.63) is 25.3 Å². The molecule has 0 heterocycles. The normalized spacial score (nSPS) is 31.8. The van der Waals surface area contributed by atoms with E-state index in [2.05, 4.69) is 40.0 Å². The van der Waals surface area contributed by atoms with E-state index < -0.39 is 5.60 Å². The summed E-state index contributed by atoms with van der Waals surface area (Å²) in [5.74, 6) is 0.504. The van der Waals surface area contributed by atoms with Gasteiger partial charge in [0.1, 0.15) is 5.78 Å². The molecule has 1 aliphatic rings. The maximum atomic E-state index is 12.4. The van der Waals surface area contributed by atoms with Gasteiger partial charge >= 0.3 is 0 Å². The van der Waals surface area contributed by atoms with Crippen LogP contribution in [0.1, 0.15) is 66.7 Å². The topological polar surface area (TPSA) is 37.3 Å². The summed E-state index contributed by atoms with van der Waals surface area (Å²) in [6.45, 7) is 18.0. The molecular weight excluding hydrogens is 272 g/mol. The van der Waals surface area contributed by atoms with Crippen LogP contribution in [0, 0.1) is 22.7 Å². The summed E-state index contributed by atoms with van der Waals surface area (Å²) >= 11 is 0. The zero-order valence-corrected chi connectivity index (χ0v) is 15.1. The van der Waals surface area contributed by atoms with Gasteiger partial charge in [0.15, 0.2) is 0 Å². The van der Waals surface area contributed by atoms with Crippen molar-refractivity contribution in [2.45, 2.75) is 72.3 Å². The van der Waals surface area contributed by atoms with Gasteiger partial charge in [-0.3, -0.25) is 4.79 Å². The molecule has 2 nitrogen and oxygen atoms in total. The average molecular weight is 306 g/mol. The fourth-order valence-corrected chi connectivity index (χ4v) is 4.64. The third-order valence-electron chi connectivity index (χ3n) is 5.99. The Balaban J connectivity index is 3.09. The number of hydrogen-bond donors (Lipinski definition) is 1. The molecule has 0 bridgehead atoms. The highest BCUT2D eigenvalue weighted by Crippen LogP contribution is 2.56. The first-order valence-corrected chi connectivity index (χ1v) is 8.49. The molecule has 2 heteroatoms. The lowest BCUT2D eigenvalue weighted by Crippen LogP contribution is -2.47. The molecule has 1 aliphatic carbocycles. The first-order chi connectivity index (χ1) is 10.00. The highest BCUT2D eigenvalue weighted by molar-refractivity contribution is 5.79. The van der Waals surface area contributed by atoms with Crippen molar-refractivity contribution in [1.29, 1.82) is 0 Å². The van der Waals surface area contributed by atoms with E-state index >= 15 is 0 Å². The average Bonchev–Trinajstić information content (AvgIpc) is 2.37. The number of carbonyl (C=O) groups excluding carboxylic acids is 1. The third kappa shape index (κ3) is 3.90. The Morgan fingerprint density at radius 2 is 1.95 bits per heavy atom. The van der Waals surface area contributed by atoms with Gasteiger partial charge in [-0.1, -0.05) is 39.3 Å². The van der Waals surface area contributed by atoms with Gasteiger partial charge in [0.2, 0.25) is 0 Å². The molecule has 0 aromatic carbocycles. The second kappa shape index (κ2) is 6.70. The van der Waals surface area contributed by atoms with E-state index in [4.69, 9.17) is 0 Å². The molecule has 22 heavy (non-hydrogen) atoms. The predicted octanol–water partition coefficient (Wildman–Crippen LogP) is 4.93. The minimum absolute atomic E-state index is 0.0403. The van der Waals surface area contributed by atoms with Gasteiger partial charge < -0.3 is 5.11 Å². The van der Waals surface area contributed by atoms with Crippen LogP contribution < -0.4 is 0 Å². The van der Waals surface area contributed by atoms with E-state index in [1.54, 1.807) is 19.9 Å². The van der Waals surface area contributed by atoms with Crippen LogP contribution in [0.25, 0.3) is 0 Å². The molecule has 0 saturated heterocycles. The molecule has 1 rings (SSSR count). The first kappa shape index (κ1) is 19.2. The monoisotopic (exact) mass is 306 g/mol. The number of Topliss-reactive ketones (excluding diaryl/α,β-unsaturated/α-hetero) is 1. The summed E-state index contributed by atoms with van der Waals surface area (Å²) in [5.41, 5.74) is -0.812. The quantitative estimate of drug-likeness (QED) is 0.677. The maximum absolute atomic E-state index is 12.4. The lowest BCUT2D eigenvalue weighted by molar-refractivity contribution is -0.130. The Bertz CT molecular complexity index is 433. The van der Waals surface area contributed by atoms with E-state index in [0.29, 0.717) is 18.8 Å². The zero-order chi connectivity index (χ0) is 17.2. The molecular formula is C20H34O2. The van der Waals surface area contributed by atoms with Gasteiger partial charge in [-0.25, -0.2) is 0 Å². The van der Waals surface area contributed by atoms with Crippen LogP contribution in [0.4, 0.5) is 0 Å². The van der Waals surface area contributed by atoms with E-state index in [-0.39, 0.29) is 22.5 Å². The molecule has 1 saturated carbocycles. The van der Waals surface area contributed by atoms with E-state index in [1.165, 1.54) is 6.42 Å². The second-order valence-corrected chi connectivity index (χ2v) is 8.32. The molecule has 0 amide bonds. The van der Waals surface area contributed by atoms with Crippen LogP contribution in [0.2, 0.25) is 0 Å². The Morgan fingerprint density at radius 3 is 2.41 bits per heavy atom. The number of rotatable bonds is 7. The van der Waals surface area contributed by atoms with Crippen LogP contribution in [0.15, 0.2) is 25.3 Å². The Labute approximate surface area is 136 Å². The molecule has 0 spiro atoms. The zero-order valence-electron chi connectivity index (χ0n) is 15.1. The van der Waals surface area contributed by atoms with Crippen molar-refractivity contribution in [2.75, 3.05) is 0 Å². The summed E-state index contributed by atoms with van der Waals surface area (Å²) in [4.78, 5) is 12.4. The second-order valence-electron chi connectivity index (χ2n) is 8.32. The number of hydrogen-bond acceptors (Lipinski definition) is 2. The molecule has 1 N–H and O–H groups in total. The lowest BCUT2D eigenvalue weighted by atomic mass is 9.51. The van der Waals surface area contributed by atoms with E-state index in [9.17, 15) is 9.90 Å². The Kier molecular flexibility index (Phi) is 5.83. The summed E-state index contributed by atoms with van der Waals surface area (Å²) in [5, 5.41) is 10.2. The fourth-order valence-electron chi connectivity index (χ4n) is 4.64. The molecule has 1 fully saturated rings. The van der Waals surface area contributed by atoms with Crippen LogP contribution in [-0.2, 0) is 4.79 Å². The molecule has 0 aromatic rings. The van der Waals surface area contributed by atoms with Gasteiger partial charge in [0.25, 0.3) is 0 Å². The highest BCUT2D eigenvalue weighted by atomic mass is 16.3. The summed E-state index contributed by atoms with van der Waals surface area (Å²) < 4.78 is 0. The van der Waals surface area contributed by atoms with Gasteiger partial charge in [-0.15, -0.1) is 13.2 Å². The van der Waals surface area contributed by atoms with Gasteiger partial charge in [0.05, 0.1) is 5.60 Å². The fraction of sp³-hybridized carbons (Fsp3) is 0.750. The van der Waals surface area contributed by atoms with Crippen molar-refractivity contribution in [3.63, 3.8) is 0 Å². The van der Waals surface area contributed by atoms with E-state index in [0.717, 1.165) is 12.8 Å². The van der Waals surface area contributed by atoms with E-state index in [1.807, 2.05) is 0 Å². The lowest BCUT2D eigenvalue weighted by Gasteiger charge is -2.53. The van der Waals surface area contributed by atoms with Crippen molar-refractivity contribution < 1.29 is 9.90 Å². The highest BCUT2D eigenvalue weighted by Gasteiger charge is 2.50. The summed E-state index contributed by atoms with van der Waals surface area (Å²) in [6.07, 6.45) is 8.27. The van der Waals surface area contributed by atoms with Crippen LogP contribution in [0.5, 0.6) is 0 Å². The Hall–Kier alpha value is -0.890. The van der Waals surface area contributed by atoms with Crippen molar-refractivity contribution in [1.82, 2.24) is 0 Å². The SMILES string of the molecule is C=C[C@H]1C(C)(C)CCC[C@]1(C)[C@H](CC[C@@](C)(O)C=C)C(C)=O. The van der Waals surface area contributed by atoms with Crippen LogP contribution in [-0.4, -0.2) is 16.5 Å². The number of carbonyl (C=O) groups is 1. The standard InChI is InChI=1S/C20H34O2/c1-8-17-18(4,5)12-10-13-20(17,7)16(15(3)21)11-14-19(6,22)9-2/h8-9,16-17,22H,1-2,10-14H2,3-7H3/t16-,17+,19+,20-/m1/s1. The van der Waals surface area contributed by atoms with Crippen LogP contribution >= 0.6 is 0 Å². The largest absolute Gasteiger partial charge is 0.386 e. The summed E-state index contributed by atoms with van der Waals surface area (Å²) in [6, 6.07) is 0. The number of aliphatic hydroxyl groups is 1. The first-order valence-electron chi connectivity index (χ1n) is 8.49. The minimum Gasteiger partial charge on any atom is -0.386 e. The van der Waals surface area contributed by atoms with Crippen LogP contribution in [0.3, 0.4) is 0 Å². The maximum Gasteiger partial charge on any atom is 0.133 e.